The number of benzene rings is 1. The van der Waals surface area contributed by atoms with E-state index in [9.17, 15) is 9.59 Å². The van der Waals surface area contributed by atoms with E-state index in [-0.39, 0.29) is 12.6 Å². The van der Waals surface area contributed by atoms with Crippen molar-refractivity contribution in [3.8, 4) is 5.75 Å². The van der Waals surface area contributed by atoms with E-state index in [0.29, 0.717) is 5.75 Å². The van der Waals surface area contributed by atoms with E-state index in [4.69, 9.17) is 4.74 Å². The van der Waals surface area contributed by atoms with E-state index in [1.165, 1.54) is 13.4 Å². The first-order valence-electron chi connectivity index (χ1n) is 3.98. The molecule has 0 atom stereocenters. The summed E-state index contributed by atoms with van der Waals surface area (Å²) in [4.78, 5) is 20.3. The molecule has 4 nitrogen and oxygen atoms in total. The predicted molar refractivity (Wildman–Crippen MR) is 48.2 cm³/mol. The molecule has 0 unspecified atom stereocenters. The zero-order valence-electron chi connectivity index (χ0n) is 7.65. The van der Waals surface area contributed by atoms with Gasteiger partial charge in [0.25, 0.3) is 0 Å². The van der Waals surface area contributed by atoms with E-state index in [1.54, 1.807) is 24.3 Å². The summed E-state index contributed by atoms with van der Waals surface area (Å²) in [6, 6.07) is 6.67. The number of esters is 1. The van der Waals surface area contributed by atoms with Gasteiger partial charge in [0.1, 0.15) is 12.4 Å². The molecule has 1 aromatic rings. The van der Waals surface area contributed by atoms with Gasteiger partial charge in [-0.1, -0.05) is 12.1 Å². The largest absolute Gasteiger partial charge is 0.452 e. The Morgan fingerprint density at radius 3 is 2.50 bits per heavy atom. The van der Waals surface area contributed by atoms with E-state index < -0.39 is 0 Å². The van der Waals surface area contributed by atoms with E-state index in [0.717, 1.165) is 5.56 Å². The van der Waals surface area contributed by atoms with Crippen LogP contribution >= 0.6 is 0 Å². The van der Waals surface area contributed by atoms with Crippen molar-refractivity contribution in [2.24, 2.45) is 0 Å². The highest BCUT2D eigenvalue weighted by molar-refractivity contribution is 5.69. The number of ether oxygens (including phenoxy) is 2. The highest BCUT2D eigenvalue weighted by atomic mass is 16.5. The van der Waals surface area contributed by atoms with Crippen LogP contribution in [0.2, 0.25) is 0 Å². The minimum Gasteiger partial charge on any atom is -0.452 e. The third kappa shape index (κ3) is 3.26. The number of hydrogen-bond donors (Lipinski definition) is 0. The van der Waals surface area contributed by atoms with Gasteiger partial charge < -0.3 is 9.47 Å². The second-order valence-corrected chi connectivity index (χ2v) is 2.61. The van der Waals surface area contributed by atoms with Crippen molar-refractivity contribution in [3.63, 3.8) is 0 Å². The lowest BCUT2D eigenvalue weighted by Crippen LogP contribution is -2.01. The normalized spacial score (nSPS) is 9.21. The van der Waals surface area contributed by atoms with Crippen molar-refractivity contribution in [2.45, 2.75) is 13.5 Å². The average molecular weight is 193 g/mol. The first-order chi connectivity index (χ1) is 6.72. The fourth-order valence-electron chi connectivity index (χ4n) is 0.932. The molecule has 73 valence electrons. The van der Waals surface area contributed by atoms with Gasteiger partial charge in [-0.05, 0) is 17.7 Å². The van der Waals surface area contributed by atoms with Crippen LogP contribution in [0, 0.1) is 0 Å². The summed E-state index contributed by atoms with van der Waals surface area (Å²) in [6.45, 7) is 2.83. The van der Waals surface area contributed by atoms with Crippen molar-refractivity contribution < 1.29 is 19.1 Å². The lowest BCUT2D eigenvalue weighted by Gasteiger charge is -2.02. The fraction of sp³-hybridized carbons (Fsp3) is 0.200. The highest BCUT2D eigenvalue weighted by Crippen LogP contribution is 2.12. The standard InChI is InChI=1S/C10H9O4/c1-8(12)14-10-4-2-9(3-5-10)6-13-7-11/h2-5H,6H2,1H3. The average Bonchev–Trinajstić information content (AvgIpc) is 2.16. The summed E-state index contributed by atoms with van der Waals surface area (Å²) in [6.07, 6.45) is 0. The Morgan fingerprint density at radius 2 is 2.00 bits per heavy atom. The van der Waals surface area contributed by atoms with Gasteiger partial charge in [0.2, 0.25) is 0 Å². The van der Waals surface area contributed by atoms with Crippen molar-refractivity contribution >= 4 is 12.4 Å². The number of hydrogen-bond acceptors (Lipinski definition) is 4. The zero-order chi connectivity index (χ0) is 10.4. The molecule has 1 aromatic carbocycles. The van der Waals surface area contributed by atoms with Gasteiger partial charge in [0, 0.05) is 6.92 Å². The van der Waals surface area contributed by atoms with Gasteiger partial charge in [-0.25, -0.2) is 4.79 Å². The Hall–Kier alpha value is -1.84. The van der Waals surface area contributed by atoms with Crippen LogP contribution in [0.4, 0.5) is 0 Å². The summed E-state index contributed by atoms with van der Waals surface area (Å²) < 4.78 is 9.24. The molecule has 14 heavy (non-hydrogen) atoms. The van der Waals surface area contributed by atoms with Crippen LogP contribution in [0.1, 0.15) is 12.5 Å². The SMILES string of the molecule is CC(=O)Oc1ccc(CO[C]=O)cc1. The van der Waals surface area contributed by atoms with Gasteiger partial charge in [0.05, 0.1) is 0 Å². The van der Waals surface area contributed by atoms with Gasteiger partial charge in [-0.2, -0.15) is 0 Å². The molecule has 1 radical (unpaired) electrons. The number of carbonyl (C=O) groups is 1. The summed E-state index contributed by atoms with van der Waals surface area (Å²) in [5, 5.41) is 0. The van der Waals surface area contributed by atoms with Gasteiger partial charge in [0.15, 0.2) is 0 Å². The number of rotatable bonds is 4. The summed E-state index contributed by atoms with van der Waals surface area (Å²) in [5.74, 6) is 0.103. The Kier molecular flexibility index (Phi) is 3.67. The van der Waals surface area contributed by atoms with Crippen molar-refractivity contribution in [2.75, 3.05) is 0 Å². The molecule has 0 bridgehead atoms. The van der Waals surface area contributed by atoms with Crippen LogP contribution in [0.5, 0.6) is 5.75 Å². The Bertz CT molecular complexity index is 315. The summed E-state index contributed by atoms with van der Waals surface area (Å²) in [7, 11) is 0. The van der Waals surface area contributed by atoms with E-state index in [1.807, 2.05) is 0 Å². The molecule has 0 aliphatic rings. The van der Waals surface area contributed by atoms with Crippen LogP contribution < -0.4 is 4.74 Å². The monoisotopic (exact) mass is 193 g/mol. The molecule has 0 heterocycles. The predicted octanol–water partition coefficient (Wildman–Crippen LogP) is 1.20. The second-order valence-electron chi connectivity index (χ2n) is 2.61. The van der Waals surface area contributed by atoms with Gasteiger partial charge in [-0.15, -0.1) is 0 Å². The molecule has 0 fully saturated rings. The highest BCUT2D eigenvalue weighted by Gasteiger charge is 1.98. The molecular weight excluding hydrogens is 184 g/mol. The molecule has 1 rings (SSSR count). The second kappa shape index (κ2) is 5.01. The molecule has 4 heteroatoms. The molecule has 0 saturated carbocycles. The zero-order valence-corrected chi connectivity index (χ0v) is 7.65. The smallest absolute Gasteiger partial charge is 0.417 e. The minimum absolute atomic E-state index is 0.170. The van der Waals surface area contributed by atoms with Crippen molar-refractivity contribution in [1.29, 1.82) is 0 Å². The molecule has 0 amide bonds. The van der Waals surface area contributed by atoms with Crippen LogP contribution in [-0.2, 0) is 20.9 Å². The summed E-state index contributed by atoms with van der Waals surface area (Å²) in [5.41, 5.74) is 0.809. The van der Waals surface area contributed by atoms with Crippen molar-refractivity contribution in [1.82, 2.24) is 0 Å². The molecule has 0 N–H and O–H groups in total. The minimum atomic E-state index is -0.366. The lowest BCUT2D eigenvalue weighted by molar-refractivity contribution is -0.131. The van der Waals surface area contributed by atoms with E-state index >= 15 is 0 Å². The quantitative estimate of drug-likeness (QED) is 0.532. The maximum atomic E-state index is 10.6. The number of carbonyl (C=O) groups excluding carboxylic acids is 2. The molecule has 0 saturated heterocycles. The lowest BCUT2D eigenvalue weighted by atomic mass is 10.2. The maximum Gasteiger partial charge on any atom is 0.417 e. The molecule has 0 aliphatic carbocycles. The third-order valence-corrected chi connectivity index (χ3v) is 1.48. The van der Waals surface area contributed by atoms with Crippen LogP contribution in [0.25, 0.3) is 0 Å². The molecule has 0 aliphatic heterocycles. The molecule has 0 spiro atoms. The van der Waals surface area contributed by atoms with Crippen LogP contribution in [-0.4, -0.2) is 12.4 Å². The first-order valence-corrected chi connectivity index (χ1v) is 3.98. The van der Waals surface area contributed by atoms with Crippen molar-refractivity contribution in [3.05, 3.63) is 29.8 Å². The first kappa shape index (κ1) is 10.2. The topological polar surface area (TPSA) is 52.6 Å². The fourth-order valence-corrected chi connectivity index (χ4v) is 0.932. The van der Waals surface area contributed by atoms with E-state index in [2.05, 4.69) is 4.74 Å². The Morgan fingerprint density at radius 1 is 1.36 bits per heavy atom. The third-order valence-electron chi connectivity index (χ3n) is 1.48. The molecule has 0 aromatic heterocycles. The van der Waals surface area contributed by atoms with Crippen LogP contribution in [0.15, 0.2) is 24.3 Å². The summed E-state index contributed by atoms with van der Waals surface area (Å²) >= 11 is 0. The molecular formula is C10H9O4. The van der Waals surface area contributed by atoms with Gasteiger partial charge in [-0.3, -0.25) is 4.79 Å². The van der Waals surface area contributed by atoms with Gasteiger partial charge >= 0.3 is 12.4 Å². The Labute approximate surface area is 81.4 Å². The van der Waals surface area contributed by atoms with Crippen LogP contribution in [0.3, 0.4) is 0 Å². The maximum absolute atomic E-state index is 10.6. The Balaban J connectivity index is 2.58.